The van der Waals surface area contributed by atoms with Gasteiger partial charge in [0.25, 0.3) is 5.91 Å². The highest BCUT2D eigenvalue weighted by Crippen LogP contribution is 2.30. The van der Waals surface area contributed by atoms with E-state index in [2.05, 4.69) is 25.9 Å². The molecular formula is C17H10BrN3O2. The minimum Gasteiger partial charge on any atom is -0.268 e. The quantitative estimate of drug-likeness (QED) is 0.725. The van der Waals surface area contributed by atoms with Gasteiger partial charge in [-0.25, -0.2) is 9.69 Å². The molecule has 0 N–H and O–H groups in total. The van der Waals surface area contributed by atoms with E-state index in [-0.39, 0.29) is 10.7 Å². The third kappa shape index (κ3) is 2.22. The summed E-state index contributed by atoms with van der Waals surface area (Å²) in [6.45, 7) is 0. The van der Waals surface area contributed by atoms with Crippen LogP contribution in [-0.2, 0) is 4.79 Å². The number of anilines is 1. The molecule has 0 bridgehead atoms. The average Bonchev–Trinajstić information content (AvgIpc) is 2.56. The molecule has 2 aliphatic rings. The number of aromatic nitrogens is 1. The van der Waals surface area contributed by atoms with Crippen molar-refractivity contribution in [3.63, 3.8) is 0 Å². The molecule has 0 fully saturated rings. The lowest BCUT2D eigenvalue weighted by Crippen LogP contribution is -2.43. The van der Waals surface area contributed by atoms with Crippen molar-refractivity contribution in [3.05, 3.63) is 60.5 Å². The van der Waals surface area contributed by atoms with Crippen molar-refractivity contribution in [2.45, 2.75) is 4.83 Å². The van der Waals surface area contributed by atoms with Crippen molar-refractivity contribution < 1.29 is 9.59 Å². The van der Waals surface area contributed by atoms with E-state index in [0.717, 1.165) is 15.7 Å². The van der Waals surface area contributed by atoms with Gasteiger partial charge in [-0.3, -0.25) is 9.78 Å². The lowest BCUT2D eigenvalue weighted by atomic mass is 10.00. The van der Waals surface area contributed by atoms with E-state index in [1.54, 1.807) is 18.3 Å². The maximum Gasteiger partial charge on any atom is 0.355 e. The first kappa shape index (κ1) is 14.0. The summed E-state index contributed by atoms with van der Waals surface area (Å²) in [5.41, 5.74) is 1.27. The molecule has 1 unspecified atom stereocenters. The van der Waals surface area contributed by atoms with Gasteiger partial charge in [-0.05, 0) is 6.08 Å². The van der Waals surface area contributed by atoms with Crippen LogP contribution in [0.15, 0.2) is 65.5 Å². The fourth-order valence-corrected chi connectivity index (χ4v) is 3.12. The Morgan fingerprint density at radius 3 is 2.83 bits per heavy atom. The molecule has 1 aliphatic heterocycles. The van der Waals surface area contributed by atoms with Gasteiger partial charge >= 0.3 is 6.03 Å². The highest BCUT2D eigenvalue weighted by Gasteiger charge is 2.35. The predicted octanol–water partition coefficient (Wildman–Crippen LogP) is 3.40. The molecule has 4 rings (SSSR count). The molecule has 2 heterocycles. The number of hydrogen-bond acceptors (Lipinski definition) is 3. The molecule has 23 heavy (non-hydrogen) atoms. The number of pyridine rings is 1. The first-order chi connectivity index (χ1) is 11.1. The second kappa shape index (κ2) is 5.24. The van der Waals surface area contributed by atoms with Gasteiger partial charge in [0, 0.05) is 17.0 Å². The molecule has 0 radical (unpaired) electrons. The number of urea groups is 1. The maximum atomic E-state index is 12.8. The van der Waals surface area contributed by atoms with E-state index < -0.39 is 6.03 Å². The number of aliphatic imine (C=N–C) groups is 1. The summed E-state index contributed by atoms with van der Waals surface area (Å²) in [5, 5.41) is 1.64. The lowest BCUT2D eigenvalue weighted by Gasteiger charge is -2.26. The molecule has 0 spiro atoms. The second-order valence-electron chi connectivity index (χ2n) is 5.18. The normalized spacial score (nSPS) is 20.4. The first-order valence-electron chi connectivity index (χ1n) is 6.99. The zero-order chi connectivity index (χ0) is 16.0. The van der Waals surface area contributed by atoms with Crippen molar-refractivity contribution in [3.8, 4) is 0 Å². The van der Waals surface area contributed by atoms with Crippen molar-refractivity contribution in [1.82, 2.24) is 4.98 Å². The molecule has 1 atom stereocenters. The molecule has 6 heteroatoms. The highest BCUT2D eigenvalue weighted by atomic mass is 79.9. The van der Waals surface area contributed by atoms with Crippen LogP contribution in [0.5, 0.6) is 0 Å². The third-order valence-electron chi connectivity index (χ3n) is 3.77. The summed E-state index contributed by atoms with van der Waals surface area (Å²) in [6, 6.07) is 6.88. The molecule has 1 aromatic carbocycles. The van der Waals surface area contributed by atoms with Gasteiger partial charge in [0.15, 0.2) is 0 Å². The van der Waals surface area contributed by atoms with E-state index in [1.807, 2.05) is 30.3 Å². The molecule has 112 valence electrons. The molecule has 2 aromatic rings. The largest absolute Gasteiger partial charge is 0.355 e. The Kier molecular flexibility index (Phi) is 3.20. The number of rotatable bonds is 1. The number of imide groups is 1. The minimum absolute atomic E-state index is 0.0545. The Morgan fingerprint density at radius 2 is 1.96 bits per heavy atom. The predicted molar refractivity (Wildman–Crippen MR) is 92.0 cm³/mol. The number of allylic oxidation sites excluding steroid dienone is 3. The van der Waals surface area contributed by atoms with Crippen LogP contribution in [0.2, 0.25) is 0 Å². The third-order valence-corrected chi connectivity index (χ3v) is 4.34. The van der Waals surface area contributed by atoms with Crippen LogP contribution in [0.3, 0.4) is 0 Å². The van der Waals surface area contributed by atoms with E-state index >= 15 is 0 Å². The van der Waals surface area contributed by atoms with Gasteiger partial charge in [0.2, 0.25) is 0 Å². The topological polar surface area (TPSA) is 62.6 Å². The number of benzene rings is 1. The molecule has 0 saturated heterocycles. The summed E-state index contributed by atoms with van der Waals surface area (Å²) in [5.74, 6) is -0.382. The fourth-order valence-electron chi connectivity index (χ4n) is 2.70. The van der Waals surface area contributed by atoms with Crippen molar-refractivity contribution in [2.24, 2.45) is 4.99 Å². The lowest BCUT2D eigenvalue weighted by molar-refractivity contribution is -0.114. The number of carbonyl (C=O) groups is 2. The van der Waals surface area contributed by atoms with Crippen molar-refractivity contribution >= 4 is 50.0 Å². The molecule has 3 amide bonds. The zero-order valence-electron chi connectivity index (χ0n) is 11.8. The fraction of sp³-hybridized carbons (Fsp3) is 0.0588. The zero-order valence-corrected chi connectivity index (χ0v) is 13.4. The van der Waals surface area contributed by atoms with Crippen LogP contribution in [0, 0.1) is 0 Å². The Morgan fingerprint density at radius 1 is 1.13 bits per heavy atom. The summed E-state index contributed by atoms with van der Waals surface area (Å²) < 4.78 is 0. The molecule has 1 aromatic heterocycles. The van der Waals surface area contributed by atoms with Gasteiger partial charge in [0.1, 0.15) is 0 Å². The van der Waals surface area contributed by atoms with Crippen molar-refractivity contribution in [2.75, 3.05) is 4.90 Å². The number of alkyl halides is 1. The number of halogens is 1. The second-order valence-corrected chi connectivity index (χ2v) is 6.24. The Balaban J connectivity index is 1.91. The monoisotopic (exact) mass is 367 g/mol. The Hall–Kier alpha value is -2.60. The summed E-state index contributed by atoms with van der Waals surface area (Å²) in [6.07, 6.45) is 8.48. The average molecular weight is 368 g/mol. The van der Waals surface area contributed by atoms with Crippen LogP contribution in [0.1, 0.15) is 0 Å². The van der Waals surface area contributed by atoms with Gasteiger partial charge in [-0.2, -0.15) is 4.99 Å². The van der Waals surface area contributed by atoms with Crippen LogP contribution >= 0.6 is 15.9 Å². The Labute approximate surface area is 140 Å². The summed E-state index contributed by atoms with van der Waals surface area (Å²) in [7, 11) is 0. The van der Waals surface area contributed by atoms with Gasteiger partial charge in [-0.1, -0.05) is 52.3 Å². The van der Waals surface area contributed by atoms with E-state index in [0.29, 0.717) is 17.0 Å². The van der Waals surface area contributed by atoms with E-state index in [1.165, 1.54) is 6.20 Å². The number of amides is 3. The van der Waals surface area contributed by atoms with E-state index in [9.17, 15) is 9.59 Å². The Bertz CT molecular complexity index is 941. The molecule has 1 aliphatic carbocycles. The van der Waals surface area contributed by atoms with E-state index in [4.69, 9.17) is 0 Å². The molecule has 5 nitrogen and oxygen atoms in total. The maximum absolute atomic E-state index is 12.8. The van der Waals surface area contributed by atoms with Crippen LogP contribution in [0.25, 0.3) is 10.8 Å². The summed E-state index contributed by atoms with van der Waals surface area (Å²) >= 11 is 3.42. The first-order valence-corrected chi connectivity index (χ1v) is 7.91. The van der Waals surface area contributed by atoms with Gasteiger partial charge in [0.05, 0.1) is 28.0 Å². The van der Waals surface area contributed by atoms with Gasteiger partial charge in [-0.15, -0.1) is 0 Å². The standard InChI is InChI=1S/C17H10BrN3O2/c18-11-5-6-14-13(7-11)16(22)21(17(23)20-14)15-9-19-8-10-3-1-2-4-12(10)15/h1-9,11H. The summed E-state index contributed by atoms with van der Waals surface area (Å²) in [4.78, 5) is 34.4. The SMILES string of the molecule is O=C1N=C2C=CC(Br)C=C2C(=O)N1c1cncc2ccccc12. The number of carbonyl (C=O) groups excluding carboxylic acids is 2. The number of fused-ring (bicyclic) bond motifs is 2. The molecule has 0 saturated carbocycles. The number of nitrogens with zero attached hydrogens (tertiary/aromatic N) is 3. The smallest absolute Gasteiger partial charge is 0.268 e. The van der Waals surface area contributed by atoms with Gasteiger partial charge < -0.3 is 0 Å². The molecular weight excluding hydrogens is 358 g/mol. The number of hydrogen-bond donors (Lipinski definition) is 0. The minimum atomic E-state index is -0.599. The highest BCUT2D eigenvalue weighted by molar-refractivity contribution is 9.09. The van der Waals surface area contributed by atoms with Crippen LogP contribution < -0.4 is 4.90 Å². The van der Waals surface area contributed by atoms with Crippen LogP contribution in [0.4, 0.5) is 10.5 Å². The van der Waals surface area contributed by atoms with Crippen molar-refractivity contribution in [1.29, 1.82) is 0 Å². The van der Waals surface area contributed by atoms with Crippen LogP contribution in [-0.4, -0.2) is 27.5 Å².